The lowest BCUT2D eigenvalue weighted by Crippen LogP contribution is -2.39. The number of carboxylic acid groups (broad SMARTS) is 1. The van der Waals surface area contributed by atoms with Crippen molar-refractivity contribution in [1.29, 1.82) is 0 Å². The minimum absolute atomic E-state index is 0.0351. The highest BCUT2D eigenvalue weighted by molar-refractivity contribution is 7.89. The number of benzene rings is 1. The Morgan fingerprint density at radius 2 is 1.95 bits per heavy atom. The zero-order chi connectivity index (χ0) is 15.6. The fourth-order valence-corrected chi connectivity index (χ4v) is 5.01. The molecule has 0 saturated heterocycles. The third kappa shape index (κ3) is 2.96. The largest absolute Gasteiger partial charge is 0.478 e. The maximum Gasteiger partial charge on any atom is 0.335 e. The first-order valence-electron chi connectivity index (χ1n) is 7.24. The summed E-state index contributed by atoms with van der Waals surface area (Å²) >= 11 is 0. The van der Waals surface area contributed by atoms with Gasteiger partial charge in [0.15, 0.2) is 0 Å². The zero-order valence-electron chi connectivity index (χ0n) is 12.4. The molecule has 1 aliphatic carbocycles. The van der Waals surface area contributed by atoms with E-state index in [1.165, 1.54) is 22.5 Å². The molecule has 21 heavy (non-hydrogen) atoms. The molecule has 6 heteroatoms. The Labute approximate surface area is 125 Å². The SMILES string of the molecule is CCN(C1CCCC1)S(=O)(=O)c1cccc(C(=O)O)c1C. The van der Waals surface area contributed by atoms with Crippen LogP contribution in [-0.4, -0.2) is 36.4 Å². The summed E-state index contributed by atoms with van der Waals surface area (Å²) in [4.78, 5) is 11.3. The molecular weight excluding hydrogens is 290 g/mol. The minimum atomic E-state index is -3.65. The van der Waals surface area contributed by atoms with Crippen molar-refractivity contribution in [2.75, 3.05) is 6.54 Å². The van der Waals surface area contributed by atoms with Crippen molar-refractivity contribution in [2.24, 2.45) is 0 Å². The Bertz CT molecular complexity index is 633. The van der Waals surface area contributed by atoms with E-state index in [1.807, 2.05) is 6.92 Å². The highest BCUT2D eigenvalue weighted by Crippen LogP contribution is 2.30. The molecule has 1 aliphatic rings. The molecule has 0 spiro atoms. The van der Waals surface area contributed by atoms with Gasteiger partial charge in [0, 0.05) is 12.6 Å². The Balaban J connectivity index is 2.47. The van der Waals surface area contributed by atoms with Gasteiger partial charge in [0.1, 0.15) is 0 Å². The second-order valence-electron chi connectivity index (χ2n) is 5.38. The predicted molar refractivity (Wildman–Crippen MR) is 80.0 cm³/mol. The standard InChI is InChI=1S/C15H21NO4S/c1-3-16(12-7-4-5-8-12)21(19,20)14-10-6-9-13(11(14)2)15(17)18/h6,9-10,12H,3-5,7-8H2,1-2H3,(H,17,18). The van der Waals surface area contributed by atoms with Gasteiger partial charge in [-0.2, -0.15) is 4.31 Å². The van der Waals surface area contributed by atoms with Crippen LogP contribution in [0.15, 0.2) is 23.1 Å². The number of carbonyl (C=O) groups is 1. The number of aromatic carboxylic acids is 1. The molecule has 2 rings (SSSR count). The lowest BCUT2D eigenvalue weighted by molar-refractivity contribution is 0.0696. The van der Waals surface area contributed by atoms with E-state index < -0.39 is 16.0 Å². The average Bonchev–Trinajstić information content (AvgIpc) is 2.92. The average molecular weight is 311 g/mol. The summed E-state index contributed by atoms with van der Waals surface area (Å²) in [6.07, 6.45) is 3.85. The van der Waals surface area contributed by atoms with E-state index in [0.29, 0.717) is 12.1 Å². The molecule has 116 valence electrons. The molecule has 1 aromatic rings. The van der Waals surface area contributed by atoms with E-state index in [4.69, 9.17) is 5.11 Å². The van der Waals surface area contributed by atoms with Gasteiger partial charge in [-0.25, -0.2) is 13.2 Å². The van der Waals surface area contributed by atoms with Gasteiger partial charge < -0.3 is 5.11 Å². The van der Waals surface area contributed by atoms with Gasteiger partial charge in [-0.1, -0.05) is 25.8 Å². The van der Waals surface area contributed by atoms with Crippen LogP contribution in [0.5, 0.6) is 0 Å². The molecule has 1 saturated carbocycles. The van der Waals surface area contributed by atoms with Gasteiger partial charge in [-0.05, 0) is 37.5 Å². The molecular formula is C15H21NO4S. The van der Waals surface area contributed by atoms with Gasteiger partial charge in [-0.15, -0.1) is 0 Å². The van der Waals surface area contributed by atoms with Crippen molar-refractivity contribution >= 4 is 16.0 Å². The molecule has 1 N–H and O–H groups in total. The van der Waals surface area contributed by atoms with Crippen LogP contribution in [0.2, 0.25) is 0 Å². The topological polar surface area (TPSA) is 74.7 Å². The molecule has 0 aliphatic heterocycles. The first kappa shape index (κ1) is 16.0. The molecule has 1 aromatic carbocycles. The van der Waals surface area contributed by atoms with Crippen molar-refractivity contribution in [3.8, 4) is 0 Å². The molecule has 0 unspecified atom stereocenters. The van der Waals surface area contributed by atoms with Gasteiger partial charge in [0.2, 0.25) is 10.0 Å². The third-order valence-electron chi connectivity index (χ3n) is 4.14. The van der Waals surface area contributed by atoms with Crippen molar-refractivity contribution in [1.82, 2.24) is 4.31 Å². The van der Waals surface area contributed by atoms with Crippen LogP contribution in [0.4, 0.5) is 0 Å². The smallest absolute Gasteiger partial charge is 0.335 e. The maximum atomic E-state index is 12.9. The van der Waals surface area contributed by atoms with Crippen LogP contribution in [0.25, 0.3) is 0 Å². The summed E-state index contributed by atoms with van der Waals surface area (Å²) in [6, 6.07) is 4.45. The maximum absolute atomic E-state index is 12.9. The van der Waals surface area contributed by atoms with E-state index in [2.05, 4.69) is 0 Å². The molecule has 0 aromatic heterocycles. The van der Waals surface area contributed by atoms with Crippen molar-refractivity contribution < 1.29 is 18.3 Å². The van der Waals surface area contributed by atoms with Gasteiger partial charge in [-0.3, -0.25) is 0 Å². The zero-order valence-corrected chi connectivity index (χ0v) is 13.2. The quantitative estimate of drug-likeness (QED) is 0.907. The summed E-state index contributed by atoms with van der Waals surface area (Å²) in [6.45, 7) is 3.79. The van der Waals surface area contributed by atoms with Crippen LogP contribution in [0.1, 0.15) is 48.5 Å². The highest BCUT2D eigenvalue weighted by Gasteiger charge is 2.33. The van der Waals surface area contributed by atoms with Crippen molar-refractivity contribution in [3.63, 3.8) is 0 Å². The predicted octanol–water partition coefficient (Wildman–Crippen LogP) is 2.65. The molecule has 0 bridgehead atoms. The van der Waals surface area contributed by atoms with Gasteiger partial charge >= 0.3 is 5.97 Å². The summed E-state index contributed by atoms with van der Waals surface area (Å²) in [5.74, 6) is -1.10. The van der Waals surface area contributed by atoms with Crippen molar-refractivity contribution in [3.05, 3.63) is 29.3 Å². The lowest BCUT2D eigenvalue weighted by atomic mass is 10.1. The Kier molecular flexibility index (Phi) is 4.68. The number of hydrogen-bond acceptors (Lipinski definition) is 3. The summed E-state index contributed by atoms with van der Waals surface area (Å²) in [5, 5.41) is 9.15. The molecule has 5 nitrogen and oxygen atoms in total. The lowest BCUT2D eigenvalue weighted by Gasteiger charge is -2.27. The monoisotopic (exact) mass is 311 g/mol. The molecule has 0 heterocycles. The summed E-state index contributed by atoms with van der Waals surface area (Å²) < 4.78 is 27.3. The summed E-state index contributed by atoms with van der Waals surface area (Å²) in [5.41, 5.74) is 0.347. The van der Waals surface area contributed by atoms with Crippen LogP contribution in [-0.2, 0) is 10.0 Å². The number of rotatable bonds is 5. The number of sulfonamides is 1. The first-order valence-corrected chi connectivity index (χ1v) is 8.68. The minimum Gasteiger partial charge on any atom is -0.478 e. The van der Waals surface area contributed by atoms with E-state index in [9.17, 15) is 13.2 Å². The van der Waals surface area contributed by atoms with Crippen LogP contribution >= 0.6 is 0 Å². The van der Waals surface area contributed by atoms with Crippen LogP contribution in [0.3, 0.4) is 0 Å². The van der Waals surface area contributed by atoms with E-state index >= 15 is 0 Å². The number of hydrogen-bond donors (Lipinski definition) is 1. The fourth-order valence-electron chi connectivity index (χ4n) is 3.07. The van der Waals surface area contributed by atoms with Gasteiger partial charge in [0.25, 0.3) is 0 Å². The van der Waals surface area contributed by atoms with Crippen LogP contribution < -0.4 is 0 Å². The highest BCUT2D eigenvalue weighted by atomic mass is 32.2. The Morgan fingerprint density at radius 3 is 2.48 bits per heavy atom. The second kappa shape index (κ2) is 6.15. The van der Waals surface area contributed by atoms with Crippen molar-refractivity contribution in [2.45, 2.75) is 50.5 Å². The number of nitrogens with zero attached hydrogens (tertiary/aromatic N) is 1. The van der Waals surface area contributed by atoms with E-state index in [1.54, 1.807) is 6.92 Å². The molecule has 0 radical (unpaired) electrons. The fraction of sp³-hybridized carbons (Fsp3) is 0.533. The second-order valence-corrected chi connectivity index (χ2v) is 7.24. The Hall–Kier alpha value is -1.40. The Morgan fingerprint density at radius 1 is 1.33 bits per heavy atom. The molecule has 1 fully saturated rings. The first-order chi connectivity index (χ1) is 9.89. The normalized spacial score (nSPS) is 16.5. The van der Waals surface area contributed by atoms with E-state index in [-0.39, 0.29) is 16.5 Å². The molecule has 0 atom stereocenters. The van der Waals surface area contributed by atoms with Crippen LogP contribution in [0, 0.1) is 6.92 Å². The summed E-state index contributed by atoms with van der Waals surface area (Å²) in [7, 11) is -3.65. The molecule has 0 amide bonds. The van der Waals surface area contributed by atoms with Gasteiger partial charge in [0.05, 0.1) is 10.5 Å². The number of carboxylic acids is 1. The van der Waals surface area contributed by atoms with E-state index in [0.717, 1.165) is 25.7 Å². The third-order valence-corrected chi connectivity index (χ3v) is 6.32.